The van der Waals surface area contributed by atoms with Crippen LogP contribution in [0.4, 0.5) is 0 Å². The van der Waals surface area contributed by atoms with E-state index in [1.165, 1.54) is 0 Å². The molecule has 1 aromatic rings. The van der Waals surface area contributed by atoms with Crippen LogP contribution in [-0.4, -0.2) is 24.6 Å². The molecule has 19 heavy (non-hydrogen) atoms. The fourth-order valence-corrected chi connectivity index (χ4v) is 2.10. The fourth-order valence-electron chi connectivity index (χ4n) is 2.10. The Morgan fingerprint density at radius 3 is 2.32 bits per heavy atom. The molecule has 3 heteroatoms. The van der Waals surface area contributed by atoms with E-state index in [9.17, 15) is 4.79 Å². The highest BCUT2D eigenvalue weighted by atomic mass is 16.5. The van der Waals surface area contributed by atoms with Gasteiger partial charge in [0.05, 0.1) is 7.11 Å². The molecule has 0 atom stereocenters. The molecule has 0 aliphatic rings. The smallest absolute Gasteiger partial charge is 0.168 e. The number of rotatable bonds is 8. The molecule has 0 amide bonds. The van der Waals surface area contributed by atoms with Gasteiger partial charge in [-0.05, 0) is 37.1 Å². The predicted molar refractivity (Wildman–Crippen MR) is 76.7 cm³/mol. The number of carbonyl (C=O) groups excluding carboxylic acids is 1. The summed E-state index contributed by atoms with van der Waals surface area (Å²) in [6.45, 7) is 4.20. The van der Waals surface area contributed by atoms with E-state index in [1.54, 1.807) is 7.11 Å². The molecule has 0 spiro atoms. The zero-order valence-electron chi connectivity index (χ0n) is 12.1. The van der Waals surface area contributed by atoms with E-state index in [2.05, 4.69) is 0 Å². The Labute approximate surface area is 115 Å². The van der Waals surface area contributed by atoms with Crippen LogP contribution < -0.4 is 4.74 Å². The summed E-state index contributed by atoms with van der Waals surface area (Å²) >= 11 is 0. The molecule has 0 heterocycles. The van der Waals surface area contributed by atoms with Gasteiger partial charge >= 0.3 is 0 Å². The number of carbonyl (C=O) groups is 1. The highest BCUT2D eigenvalue weighted by molar-refractivity contribution is 6.00. The standard InChI is InChI=1S/C16H24O3/c1-16(2,11-5-4-6-12-17)15(18)13-7-9-14(19-3)10-8-13/h7-10,17H,4-6,11-12H2,1-3H3. The molecule has 1 N–H and O–H groups in total. The number of hydrogen-bond acceptors (Lipinski definition) is 3. The summed E-state index contributed by atoms with van der Waals surface area (Å²) in [6.07, 6.45) is 3.59. The van der Waals surface area contributed by atoms with Crippen LogP contribution in [0.1, 0.15) is 49.9 Å². The number of methoxy groups -OCH3 is 1. The van der Waals surface area contributed by atoms with Gasteiger partial charge in [0.25, 0.3) is 0 Å². The molecule has 0 aliphatic heterocycles. The maximum Gasteiger partial charge on any atom is 0.168 e. The molecule has 1 aromatic carbocycles. The van der Waals surface area contributed by atoms with Crippen molar-refractivity contribution >= 4 is 5.78 Å². The van der Waals surface area contributed by atoms with Gasteiger partial charge in [-0.2, -0.15) is 0 Å². The van der Waals surface area contributed by atoms with Crippen molar-refractivity contribution in [1.29, 1.82) is 0 Å². The number of aliphatic hydroxyl groups excluding tert-OH is 1. The minimum Gasteiger partial charge on any atom is -0.497 e. The van der Waals surface area contributed by atoms with Crippen LogP contribution in [0.15, 0.2) is 24.3 Å². The molecule has 0 aromatic heterocycles. The summed E-state index contributed by atoms with van der Waals surface area (Å²) in [5.41, 5.74) is 0.372. The van der Waals surface area contributed by atoms with Crippen LogP contribution in [0.3, 0.4) is 0 Å². The van der Waals surface area contributed by atoms with E-state index in [0.29, 0.717) is 0 Å². The number of hydrogen-bond donors (Lipinski definition) is 1. The molecule has 0 bridgehead atoms. The Bertz CT molecular complexity index is 393. The van der Waals surface area contributed by atoms with Crippen molar-refractivity contribution in [3.05, 3.63) is 29.8 Å². The van der Waals surface area contributed by atoms with Gasteiger partial charge < -0.3 is 9.84 Å². The van der Waals surface area contributed by atoms with Crippen LogP contribution in [0, 0.1) is 5.41 Å². The Morgan fingerprint density at radius 2 is 1.79 bits per heavy atom. The largest absolute Gasteiger partial charge is 0.497 e. The summed E-state index contributed by atoms with van der Waals surface area (Å²) < 4.78 is 5.09. The Hall–Kier alpha value is -1.35. The highest BCUT2D eigenvalue weighted by Crippen LogP contribution is 2.29. The molecule has 0 radical (unpaired) electrons. The first kappa shape index (κ1) is 15.7. The number of ether oxygens (including phenoxy) is 1. The Morgan fingerprint density at radius 1 is 1.16 bits per heavy atom. The summed E-state index contributed by atoms with van der Waals surface area (Å²) in [6, 6.07) is 7.26. The van der Waals surface area contributed by atoms with Crippen molar-refractivity contribution in [2.75, 3.05) is 13.7 Å². The topological polar surface area (TPSA) is 46.5 Å². The second kappa shape index (κ2) is 7.29. The molecule has 0 saturated heterocycles. The molecule has 3 nitrogen and oxygen atoms in total. The SMILES string of the molecule is COc1ccc(C(=O)C(C)(C)CCCCCO)cc1. The summed E-state index contributed by atoms with van der Waals surface area (Å²) in [5, 5.41) is 8.75. The molecular formula is C16H24O3. The third-order valence-electron chi connectivity index (χ3n) is 3.43. The number of benzene rings is 1. The van der Waals surface area contributed by atoms with Gasteiger partial charge in [0.1, 0.15) is 5.75 Å². The quantitative estimate of drug-likeness (QED) is 0.578. The summed E-state index contributed by atoms with van der Waals surface area (Å²) in [7, 11) is 1.61. The van der Waals surface area contributed by atoms with Crippen molar-refractivity contribution in [3.8, 4) is 5.75 Å². The average molecular weight is 264 g/mol. The van der Waals surface area contributed by atoms with Gasteiger partial charge in [-0.3, -0.25) is 4.79 Å². The molecular weight excluding hydrogens is 240 g/mol. The van der Waals surface area contributed by atoms with Crippen molar-refractivity contribution in [2.45, 2.75) is 39.5 Å². The summed E-state index contributed by atoms with van der Waals surface area (Å²) in [4.78, 5) is 12.4. The third kappa shape index (κ3) is 4.67. The van der Waals surface area contributed by atoms with E-state index in [-0.39, 0.29) is 17.8 Å². The molecule has 0 saturated carbocycles. The van der Waals surface area contributed by atoms with Crippen LogP contribution in [0.5, 0.6) is 5.75 Å². The van der Waals surface area contributed by atoms with Crippen LogP contribution >= 0.6 is 0 Å². The van der Waals surface area contributed by atoms with Gasteiger partial charge in [-0.25, -0.2) is 0 Å². The lowest BCUT2D eigenvalue weighted by molar-refractivity contribution is 0.0822. The first-order valence-electron chi connectivity index (χ1n) is 6.81. The Balaban J connectivity index is 2.62. The van der Waals surface area contributed by atoms with E-state index in [1.807, 2.05) is 38.1 Å². The van der Waals surface area contributed by atoms with E-state index < -0.39 is 0 Å². The zero-order chi connectivity index (χ0) is 14.3. The van der Waals surface area contributed by atoms with Crippen molar-refractivity contribution in [3.63, 3.8) is 0 Å². The first-order chi connectivity index (χ1) is 9.01. The van der Waals surface area contributed by atoms with Crippen molar-refractivity contribution < 1.29 is 14.6 Å². The maximum atomic E-state index is 12.4. The fraction of sp³-hybridized carbons (Fsp3) is 0.562. The maximum absolute atomic E-state index is 12.4. The number of aliphatic hydroxyl groups is 1. The van der Waals surface area contributed by atoms with Gasteiger partial charge in [0.15, 0.2) is 5.78 Å². The monoisotopic (exact) mass is 264 g/mol. The normalized spacial score (nSPS) is 11.4. The van der Waals surface area contributed by atoms with Gasteiger partial charge in [0, 0.05) is 17.6 Å². The predicted octanol–water partition coefficient (Wildman–Crippen LogP) is 3.46. The highest BCUT2D eigenvalue weighted by Gasteiger charge is 2.27. The number of Topliss-reactive ketones (excluding diaryl/α,β-unsaturated/α-hetero) is 1. The van der Waals surface area contributed by atoms with E-state index in [0.717, 1.165) is 37.0 Å². The molecule has 0 fully saturated rings. The van der Waals surface area contributed by atoms with E-state index >= 15 is 0 Å². The van der Waals surface area contributed by atoms with Crippen molar-refractivity contribution in [2.24, 2.45) is 5.41 Å². The molecule has 0 unspecified atom stereocenters. The Kier molecular flexibility index (Phi) is 6.03. The average Bonchev–Trinajstić information content (AvgIpc) is 2.43. The van der Waals surface area contributed by atoms with Crippen LogP contribution in [0.25, 0.3) is 0 Å². The first-order valence-corrected chi connectivity index (χ1v) is 6.81. The summed E-state index contributed by atoms with van der Waals surface area (Å²) in [5.74, 6) is 0.927. The second-order valence-electron chi connectivity index (χ2n) is 5.48. The number of unbranched alkanes of at least 4 members (excludes halogenated alkanes) is 2. The lowest BCUT2D eigenvalue weighted by atomic mass is 9.80. The number of ketones is 1. The van der Waals surface area contributed by atoms with Gasteiger partial charge in [-0.15, -0.1) is 0 Å². The van der Waals surface area contributed by atoms with Gasteiger partial charge in [0.2, 0.25) is 0 Å². The van der Waals surface area contributed by atoms with Crippen molar-refractivity contribution in [1.82, 2.24) is 0 Å². The molecule has 106 valence electrons. The second-order valence-corrected chi connectivity index (χ2v) is 5.48. The van der Waals surface area contributed by atoms with E-state index in [4.69, 9.17) is 9.84 Å². The minimum absolute atomic E-state index is 0.166. The molecule has 0 aliphatic carbocycles. The third-order valence-corrected chi connectivity index (χ3v) is 3.43. The minimum atomic E-state index is -0.357. The lowest BCUT2D eigenvalue weighted by Gasteiger charge is -2.23. The zero-order valence-corrected chi connectivity index (χ0v) is 12.1. The van der Waals surface area contributed by atoms with Gasteiger partial charge in [-0.1, -0.05) is 26.7 Å². The van der Waals surface area contributed by atoms with Crippen LogP contribution in [0.2, 0.25) is 0 Å². The molecule has 1 rings (SSSR count). The van der Waals surface area contributed by atoms with Crippen LogP contribution in [-0.2, 0) is 0 Å². The lowest BCUT2D eigenvalue weighted by Crippen LogP contribution is -2.24.